The fourth-order valence-corrected chi connectivity index (χ4v) is 3.53. The molecule has 0 radical (unpaired) electrons. The van der Waals surface area contributed by atoms with Crippen molar-refractivity contribution in [1.82, 2.24) is 14.3 Å². The Kier molecular flexibility index (Phi) is 6.54. The number of anilines is 1. The van der Waals surface area contributed by atoms with E-state index in [-0.39, 0.29) is 11.3 Å². The van der Waals surface area contributed by atoms with Crippen LogP contribution in [0.2, 0.25) is 0 Å². The van der Waals surface area contributed by atoms with E-state index in [9.17, 15) is 20.2 Å². The maximum atomic E-state index is 12.9. The lowest BCUT2D eigenvalue weighted by Gasteiger charge is -2.09. The van der Waals surface area contributed by atoms with Crippen molar-refractivity contribution < 1.29 is 9.72 Å². The largest absolute Gasteiger partial charge is 0.349 e. The zero-order valence-electron chi connectivity index (χ0n) is 18.4. The molecular formula is C23H24N6O3. The first-order valence-electron chi connectivity index (χ1n) is 10.2. The first kappa shape index (κ1) is 22.5. The van der Waals surface area contributed by atoms with Crippen molar-refractivity contribution >= 4 is 23.5 Å². The van der Waals surface area contributed by atoms with Crippen LogP contribution in [-0.2, 0) is 11.3 Å². The van der Waals surface area contributed by atoms with Crippen LogP contribution in [0.15, 0.2) is 42.0 Å². The molecule has 0 aliphatic heterocycles. The number of nitrogens with one attached hydrogen (secondary N) is 1. The molecule has 0 fully saturated rings. The summed E-state index contributed by atoms with van der Waals surface area (Å²) in [6.45, 7) is 8.69. The van der Waals surface area contributed by atoms with Gasteiger partial charge in [0.25, 0.3) is 11.6 Å². The lowest BCUT2D eigenvalue weighted by atomic mass is 10.1. The highest BCUT2D eigenvalue weighted by molar-refractivity contribution is 6.09. The van der Waals surface area contributed by atoms with Crippen molar-refractivity contribution in [2.24, 2.45) is 0 Å². The van der Waals surface area contributed by atoms with Crippen molar-refractivity contribution in [3.63, 3.8) is 0 Å². The number of benzene rings is 1. The number of rotatable bonds is 7. The Morgan fingerprint density at radius 1 is 1.25 bits per heavy atom. The maximum Gasteiger partial charge on any atom is 0.269 e. The molecule has 0 bridgehead atoms. The van der Waals surface area contributed by atoms with Gasteiger partial charge in [-0.25, -0.2) is 4.68 Å². The second-order valence-corrected chi connectivity index (χ2v) is 7.46. The molecule has 1 aromatic carbocycles. The Labute approximate surface area is 185 Å². The van der Waals surface area contributed by atoms with Gasteiger partial charge in [-0.05, 0) is 57.0 Å². The summed E-state index contributed by atoms with van der Waals surface area (Å²) in [5.74, 6) is -0.199. The van der Waals surface area contributed by atoms with Crippen LogP contribution in [0.5, 0.6) is 0 Å². The van der Waals surface area contributed by atoms with Gasteiger partial charge in [-0.3, -0.25) is 14.9 Å². The number of nitro groups is 1. The highest BCUT2D eigenvalue weighted by Crippen LogP contribution is 2.22. The molecule has 0 saturated carbocycles. The molecule has 0 spiro atoms. The molecule has 0 saturated heterocycles. The van der Waals surface area contributed by atoms with Crippen molar-refractivity contribution in [3.05, 3.63) is 74.7 Å². The molecule has 9 nitrogen and oxygen atoms in total. The first-order chi connectivity index (χ1) is 15.2. The molecule has 2 aromatic heterocycles. The third-order valence-corrected chi connectivity index (χ3v) is 5.10. The van der Waals surface area contributed by atoms with Crippen LogP contribution in [0.3, 0.4) is 0 Å². The number of nitrogens with zero attached hydrogens (tertiary/aromatic N) is 5. The Hall–Kier alpha value is -4.19. The van der Waals surface area contributed by atoms with Crippen LogP contribution in [0.25, 0.3) is 11.8 Å². The van der Waals surface area contributed by atoms with Crippen molar-refractivity contribution in [3.8, 4) is 11.8 Å². The minimum atomic E-state index is -0.559. The van der Waals surface area contributed by atoms with Gasteiger partial charge < -0.3 is 9.88 Å². The molecule has 32 heavy (non-hydrogen) atoms. The molecule has 0 aliphatic carbocycles. The van der Waals surface area contributed by atoms with E-state index in [1.54, 1.807) is 31.2 Å². The van der Waals surface area contributed by atoms with E-state index < -0.39 is 10.8 Å². The number of nitro benzene ring substituents is 1. The second kappa shape index (κ2) is 9.31. The van der Waals surface area contributed by atoms with Gasteiger partial charge in [-0.1, -0.05) is 6.92 Å². The third kappa shape index (κ3) is 4.59. The number of non-ortho nitro benzene ring substituents is 1. The van der Waals surface area contributed by atoms with Gasteiger partial charge in [0.15, 0.2) is 0 Å². The summed E-state index contributed by atoms with van der Waals surface area (Å²) < 4.78 is 3.63. The van der Waals surface area contributed by atoms with E-state index in [2.05, 4.69) is 21.9 Å². The minimum Gasteiger partial charge on any atom is -0.349 e. The van der Waals surface area contributed by atoms with Gasteiger partial charge in [0, 0.05) is 36.1 Å². The molecule has 1 amide bonds. The smallest absolute Gasteiger partial charge is 0.269 e. The normalized spacial score (nSPS) is 11.3. The average Bonchev–Trinajstić information content (AvgIpc) is 3.25. The summed E-state index contributed by atoms with van der Waals surface area (Å²) >= 11 is 0. The molecule has 0 aliphatic rings. The predicted octanol–water partition coefficient (Wildman–Crippen LogP) is 4.46. The van der Waals surface area contributed by atoms with Crippen molar-refractivity contribution in [2.75, 3.05) is 5.32 Å². The Balaban J connectivity index is 1.90. The summed E-state index contributed by atoms with van der Waals surface area (Å²) in [6, 6.07) is 11.4. The first-order valence-corrected chi connectivity index (χ1v) is 10.2. The Morgan fingerprint density at radius 2 is 1.94 bits per heavy atom. The van der Waals surface area contributed by atoms with Gasteiger partial charge >= 0.3 is 0 Å². The number of hydrogen-bond donors (Lipinski definition) is 1. The molecule has 0 atom stereocenters. The second-order valence-electron chi connectivity index (χ2n) is 7.46. The van der Waals surface area contributed by atoms with Crippen molar-refractivity contribution in [1.29, 1.82) is 5.26 Å². The number of amides is 1. The summed E-state index contributed by atoms with van der Waals surface area (Å²) in [6.07, 6.45) is 2.57. The standard InChI is InChI=1S/C23H24N6O3/c1-5-10-27-16(3)12-18(17(27)4)13-19(14-24)23(30)25-22-11-15(2)26-28(22)20-6-8-21(9-7-20)29(31)32/h6-9,11-13H,5,10H2,1-4H3,(H,25,30)/b19-13+. The molecule has 164 valence electrons. The van der Waals surface area contributed by atoms with Gasteiger partial charge in [-0.15, -0.1) is 0 Å². The van der Waals surface area contributed by atoms with Crippen LogP contribution >= 0.6 is 0 Å². The Bertz CT molecular complexity index is 1240. The zero-order valence-corrected chi connectivity index (χ0v) is 18.4. The highest BCUT2D eigenvalue weighted by Gasteiger charge is 2.17. The number of carbonyl (C=O) groups is 1. The summed E-state index contributed by atoms with van der Waals surface area (Å²) in [7, 11) is 0. The fourth-order valence-electron chi connectivity index (χ4n) is 3.53. The number of nitriles is 1. The monoisotopic (exact) mass is 432 g/mol. The van der Waals surface area contributed by atoms with E-state index in [0.717, 1.165) is 29.9 Å². The van der Waals surface area contributed by atoms with Gasteiger partial charge in [0.2, 0.25) is 0 Å². The third-order valence-electron chi connectivity index (χ3n) is 5.10. The van der Waals surface area contributed by atoms with E-state index in [1.165, 1.54) is 16.8 Å². The molecule has 0 unspecified atom stereocenters. The summed E-state index contributed by atoms with van der Waals surface area (Å²) in [5.41, 5.74) is 4.00. The molecule has 3 aromatic rings. The Morgan fingerprint density at radius 3 is 2.53 bits per heavy atom. The fraction of sp³-hybridized carbons (Fsp3) is 0.261. The molecule has 2 heterocycles. The van der Waals surface area contributed by atoms with Crippen LogP contribution in [0.1, 0.15) is 36.0 Å². The van der Waals surface area contributed by atoms with Crippen LogP contribution < -0.4 is 5.32 Å². The molecular weight excluding hydrogens is 408 g/mol. The van der Waals surface area contributed by atoms with Gasteiger partial charge in [0.1, 0.15) is 17.5 Å². The number of aromatic nitrogens is 3. The van der Waals surface area contributed by atoms with Crippen molar-refractivity contribution in [2.45, 2.75) is 40.7 Å². The van der Waals surface area contributed by atoms with Gasteiger partial charge in [-0.2, -0.15) is 10.4 Å². The maximum absolute atomic E-state index is 12.9. The highest BCUT2D eigenvalue weighted by atomic mass is 16.6. The predicted molar refractivity (Wildman–Crippen MR) is 121 cm³/mol. The van der Waals surface area contributed by atoms with E-state index in [0.29, 0.717) is 17.2 Å². The zero-order chi connectivity index (χ0) is 23.4. The molecule has 1 N–H and O–H groups in total. The number of aryl methyl sites for hydroxylation is 2. The van der Waals surface area contributed by atoms with E-state index >= 15 is 0 Å². The molecule has 3 rings (SSSR count). The summed E-state index contributed by atoms with van der Waals surface area (Å²) in [5, 5.41) is 27.6. The quantitative estimate of drug-likeness (QED) is 0.256. The lowest BCUT2D eigenvalue weighted by molar-refractivity contribution is -0.384. The number of hydrogen-bond acceptors (Lipinski definition) is 5. The van der Waals surface area contributed by atoms with E-state index in [1.807, 2.05) is 26.0 Å². The van der Waals surface area contributed by atoms with E-state index in [4.69, 9.17) is 0 Å². The van der Waals surface area contributed by atoms with Crippen LogP contribution in [-0.4, -0.2) is 25.2 Å². The molecule has 9 heteroatoms. The average molecular weight is 432 g/mol. The lowest BCUT2D eigenvalue weighted by Crippen LogP contribution is -2.16. The minimum absolute atomic E-state index is 0.0316. The number of carbonyl (C=O) groups excluding carboxylic acids is 1. The van der Waals surface area contributed by atoms with Crippen LogP contribution in [0, 0.1) is 42.2 Å². The van der Waals surface area contributed by atoms with Crippen LogP contribution in [0.4, 0.5) is 11.5 Å². The topological polar surface area (TPSA) is 119 Å². The SMILES string of the molecule is CCCn1c(C)cc(/C=C(\C#N)C(=O)Nc2cc(C)nn2-c2ccc([N+](=O)[O-])cc2)c1C. The summed E-state index contributed by atoms with van der Waals surface area (Å²) in [4.78, 5) is 23.3. The van der Waals surface area contributed by atoms with Gasteiger partial charge in [0.05, 0.1) is 16.3 Å².